The molecule has 0 aliphatic carbocycles. The Labute approximate surface area is 91.9 Å². The lowest BCUT2D eigenvalue weighted by Gasteiger charge is -1.94. The summed E-state index contributed by atoms with van der Waals surface area (Å²) in [5.74, 6) is 4.86. The normalized spacial score (nSPS) is 10.5. The van der Waals surface area contributed by atoms with E-state index in [1.54, 1.807) is 0 Å². The number of hydrogen-bond acceptors (Lipinski definition) is 3. The van der Waals surface area contributed by atoms with Crippen LogP contribution >= 0.6 is 11.3 Å². The molecule has 1 heterocycles. The molecule has 0 aliphatic rings. The molecule has 0 radical (unpaired) electrons. The van der Waals surface area contributed by atoms with Crippen molar-refractivity contribution in [3.05, 3.63) is 34.7 Å². The lowest BCUT2D eigenvalue weighted by atomic mass is 10.1. The third-order valence-electron chi connectivity index (χ3n) is 2.34. The maximum absolute atomic E-state index is 11.3. The number of carbonyl (C=O) groups is 1. The molecule has 1 aromatic carbocycles. The monoisotopic (exact) mass is 220 g/mol. The van der Waals surface area contributed by atoms with Crippen LogP contribution in [0.1, 0.15) is 22.2 Å². The van der Waals surface area contributed by atoms with Crippen LogP contribution in [0.25, 0.3) is 10.1 Å². The van der Waals surface area contributed by atoms with Crippen molar-refractivity contribution in [1.29, 1.82) is 0 Å². The van der Waals surface area contributed by atoms with E-state index >= 15 is 0 Å². The van der Waals surface area contributed by atoms with Crippen molar-refractivity contribution in [2.75, 3.05) is 0 Å². The second-order valence-electron chi connectivity index (χ2n) is 3.31. The number of aryl methyl sites for hydroxylation is 1. The number of thiophene rings is 1. The number of nitrogens with two attached hydrogens (primary N) is 1. The summed E-state index contributed by atoms with van der Waals surface area (Å²) in [5.41, 5.74) is 3.42. The minimum Gasteiger partial charge on any atom is -0.289 e. The molecule has 2 rings (SSSR count). The minimum atomic E-state index is -0.228. The maximum Gasteiger partial charge on any atom is 0.275 e. The van der Waals surface area contributed by atoms with Crippen molar-refractivity contribution in [1.82, 2.24) is 5.43 Å². The van der Waals surface area contributed by atoms with E-state index in [9.17, 15) is 4.79 Å². The fourth-order valence-corrected chi connectivity index (χ4v) is 2.44. The Kier molecular flexibility index (Phi) is 2.70. The first-order valence-corrected chi connectivity index (χ1v) is 5.59. The van der Waals surface area contributed by atoms with E-state index in [0.717, 1.165) is 16.5 Å². The number of fused-ring (bicyclic) bond motifs is 1. The van der Waals surface area contributed by atoms with Crippen LogP contribution in [0.5, 0.6) is 0 Å². The Morgan fingerprint density at radius 3 is 2.93 bits per heavy atom. The highest BCUT2D eigenvalue weighted by molar-refractivity contribution is 7.20. The molecule has 0 bridgehead atoms. The van der Waals surface area contributed by atoms with Crippen molar-refractivity contribution in [2.24, 2.45) is 5.84 Å². The zero-order valence-corrected chi connectivity index (χ0v) is 9.23. The van der Waals surface area contributed by atoms with Gasteiger partial charge < -0.3 is 0 Å². The van der Waals surface area contributed by atoms with E-state index in [-0.39, 0.29) is 5.91 Å². The molecule has 1 amide bonds. The summed E-state index contributed by atoms with van der Waals surface area (Å²) in [4.78, 5) is 12.0. The summed E-state index contributed by atoms with van der Waals surface area (Å²) < 4.78 is 1.12. The number of hydrogen-bond donors (Lipinski definition) is 2. The molecule has 3 N–H and O–H groups in total. The number of carbonyl (C=O) groups excluding carboxylic acids is 1. The summed E-state index contributed by atoms with van der Waals surface area (Å²) in [5, 5.41) is 1.11. The number of amides is 1. The van der Waals surface area contributed by atoms with Gasteiger partial charge in [-0.05, 0) is 29.5 Å². The van der Waals surface area contributed by atoms with E-state index in [1.807, 2.05) is 12.1 Å². The molecular formula is C11H12N2OS. The van der Waals surface area contributed by atoms with E-state index in [4.69, 9.17) is 5.84 Å². The standard InChI is InChI=1S/C11H12N2OS/c1-2-7-3-4-9-8(5-7)6-10(15-9)11(14)13-12/h3-6H,2,12H2,1H3,(H,13,14). The predicted molar refractivity (Wildman–Crippen MR) is 62.9 cm³/mol. The molecule has 0 aliphatic heterocycles. The molecule has 3 nitrogen and oxygen atoms in total. The van der Waals surface area contributed by atoms with Gasteiger partial charge in [-0.15, -0.1) is 11.3 Å². The Morgan fingerprint density at radius 1 is 1.47 bits per heavy atom. The molecule has 2 aromatic rings. The second-order valence-corrected chi connectivity index (χ2v) is 4.39. The van der Waals surface area contributed by atoms with Gasteiger partial charge in [-0.3, -0.25) is 10.2 Å². The minimum absolute atomic E-state index is 0.228. The molecule has 0 saturated heterocycles. The van der Waals surface area contributed by atoms with E-state index in [1.165, 1.54) is 16.9 Å². The quantitative estimate of drug-likeness (QED) is 0.462. The van der Waals surface area contributed by atoms with Gasteiger partial charge in [0.2, 0.25) is 0 Å². The largest absolute Gasteiger partial charge is 0.289 e. The molecular weight excluding hydrogens is 208 g/mol. The van der Waals surface area contributed by atoms with Crippen molar-refractivity contribution < 1.29 is 4.79 Å². The fourth-order valence-electron chi connectivity index (χ4n) is 1.50. The summed E-state index contributed by atoms with van der Waals surface area (Å²) >= 11 is 1.46. The molecule has 0 unspecified atom stereocenters. The topological polar surface area (TPSA) is 55.1 Å². The van der Waals surface area contributed by atoms with Gasteiger partial charge in [0.15, 0.2) is 0 Å². The van der Waals surface area contributed by atoms with Crippen LogP contribution in [0, 0.1) is 0 Å². The van der Waals surface area contributed by atoms with E-state index < -0.39 is 0 Å². The number of rotatable bonds is 2. The highest BCUT2D eigenvalue weighted by Gasteiger charge is 2.08. The van der Waals surface area contributed by atoms with Crippen molar-refractivity contribution in [3.8, 4) is 0 Å². The second kappa shape index (κ2) is 4.00. The van der Waals surface area contributed by atoms with E-state index in [0.29, 0.717) is 4.88 Å². The summed E-state index contributed by atoms with van der Waals surface area (Å²) in [7, 11) is 0. The smallest absolute Gasteiger partial charge is 0.275 e. The summed E-state index contributed by atoms with van der Waals surface area (Å²) in [6.45, 7) is 2.11. The van der Waals surface area contributed by atoms with Crippen LogP contribution in [0.4, 0.5) is 0 Å². The molecule has 0 saturated carbocycles. The molecule has 0 atom stereocenters. The molecule has 1 aromatic heterocycles. The number of benzene rings is 1. The SMILES string of the molecule is CCc1ccc2sc(C(=O)NN)cc2c1. The molecule has 15 heavy (non-hydrogen) atoms. The van der Waals surface area contributed by atoms with Gasteiger partial charge in [-0.2, -0.15) is 0 Å². The predicted octanol–water partition coefficient (Wildman–Crippen LogP) is 2.07. The Bertz CT molecular complexity index is 504. The van der Waals surface area contributed by atoms with Gasteiger partial charge in [-0.1, -0.05) is 19.1 Å². The fraction of sp³-hybridized carbons (Fsp3) is 0.182. The zero-order chi connectivity index (χ0) is 10.8. The van der Waals surface area contributed by atoms with Crippen LogP contribution in [0.3, 0.4) is 0 Å². The van der Waals surface area contributed by atoms with Crippen LogP contribution in [-0.2, 0) is 6.42 Å². The third-order valence-corrected chi connectivity index (χ3v) is 3.46. The Balaban J connectivity index is 2.51. The maximum atomic E-state index is 11.3. The van der Waals surface area contributed by atoms with Crippen molar-refractivity contribution >= 4 is 27.3 Å². The first kappa shape index (κ1) is 10.1. The van der Waals surface area contributed by atoms with Crippen molar-refractivity contribution in [3.63, 3.8) is 0 Å². The van der Waals surface area contributed by atoms with Gasteiger partial charge in [0.05, 0.1) is 4.88 Å². The average Bonchev–Trinajstić information content (AvgIpc) is 2.70. The highest BCUT2D eigenvalue weighted by Crippen LogP contribution is 2.26. The average molecular weight is 220 g/mol. The molecule has 78 valence electrons. The number of nitrogen functional groups attached to an aromatic ring is 1. The summed E-state index contributed by atoms with van der Waals surface area (Å²) in [6.07, 6.45) is 1.00. The first-order valence-electron chi connectivity index (χ1n) is 4.78. The molecule has 0 fully saturated rings. The van der Waals surface area contributed by atoms with Crippen molar-refractivity contribution in [2.45, 2.75) is 13.3 Å². The van der Waals surface area contributed by atoms with Crippen LogP contribution in [0.2, 0.25) is 0 Å². The number of nitrogens with one attached hydrogen (secondary N) is 1. The van der Waals surface area contributed by atoms with Gasteiger partial charge in [0.1, 0.15) is 0 Å². The Morgan fingerprint density at radius 2 is 2.27 bits per heavy atom. The molecule has 0 spiro atoms. The lowest BCUT2D eigenvalue weighted by Crippen LogP contribution is -2.29. The zero-order valence-electron chi connectivity index (χ0n) is 8.41. The van der Waals surface area contributed by atoms with Crippen LogP contribution < -0.4 is 11.3 Å². The summed E-state index contributed by atoms with van der Waals surface area (Å²) in [6, 6.07) is 8.12. The first-order chi connectivity index (χ1) is 7.24. The van der Waals surface area contributed by atoms with Gasteiger partial charge in [0, 0.05) is 4.70 Å². The third kappa shape index (κ3) is 1.86. The van der Waals surface area contributed by atoms with Crippen LogP contribution in [-0.4, -0.2) is 5.91 Å². The van der Waals surface area contributed by atoms with E-state index in [2.05, 4.69) is 24.5 Å². The molecule has 4 heteroatoms. The van der Waals surface area contributed by atoms with Crippen LogP contribution in [0.15, 0.2) is 24.3 Å². The highest BCUT2D eigenvalue weighted by atomic mass is 32.1. The van der Waals surface area contributed by atoms with Gasteiger partial charge in [-0.25, -0.2) is 5.84 Å². The van der Waals surface area contributed by atoms with Gasteiger partial charge >= 0.3 is 0 Å². The Hall–Kier alpha value is -1.39. The number of hydrazine groups is 1. The van der Waals surface area contributed by atoms with Gasteiger partial charge in [0.25, 0.3) is 5.91 Å². The lowest BCUT2D eigenvalue weighted by molar-refractivity contribution is 0.0958.